The molecule has 4 heteroatoms. The van der Waals surface area contributed by atoms with Crippen molar-refractivity contribution in [2.75, 3.05) is 11.9 Å². The largest absolute Gasteiger partial charge is 0.466 e. The summed E-state index contributed by atoms with van der Waals surface area (Å²) in [5.74, 6) is 0.538. The predicted octanol–water partition coefficient (Wildman–Crippen LogP) is 4.22. The van der Waals surface area contributed by atoms with Gasteiger partial charge in [-0.3, -0.25) is 0 Å². The molecule has 22 heavy (non-hydrogen) atoms. The number of anilines is 1. The first-order chi connectivity index (χ1) is 10.5. The molecule has 0 atom stereocenters. The SMILES string of the molecule is CCNc1ccc2c(c1)OC(C)(C)N=C2c1ccc(F)cc1. The summed E-state index contributed by atoms with van der Waals surface area (Å²) in [7, 11) is 0. The maximum atomic E-state index is 13.2. The third-order valence-corrected chi connectivity index (χ3v) is 3.48. The zero-order valence-corrected chi connectivity index (χ0v) is 13.0. The molecular weight excluding hydrogens is 279 g/mol. The lowest BCUT2D eigenvalue weighted by atomic mass is 9.98. The maximum absolute atomic E-state index is 13.2. The zero-order chi connectivity index (χ0) is 15.7. The number of benzene rings is 2. The summed E-state index contributed by atoms with van der Waals surface area (Å²) < 4.78 is 19.1. The first-order valence-electron chi connectivity index (χ1n) is 7.41. The summed E-state index contributed by atoms with van der Waals surface area (Å²) in [4.78, 5) is 4.68. The van der Waals surface area contributed by atoms with E-state index in [1.807, 2.05) is 32.0 Å². The van der Waals surface area contributed by atoms with Crippen molar-refractivity contribution in [1.29, 1.82) is 0 Å². The van der Waals surface area contributed by atoms with Crippen molar-refractivity contribution in [1.82, 2.24) is 0 Å². The lowest BCUT2D eigenvalue weighted by molar-refractivity contribution is 0.115. The molecule has 1 aliphatic rings. The molecule has 2 aromatic rings. The second-order valence-electron chi connectivity index (χ2n) is 5.76. The maximum Gasteiger partial charge on any atom is 0.195 e. The molecule has 0 unspecified atom stereocenters. The van der Waals surface area contributed by atoms with Crippen LogP contribution >= 0.6 is 0 Å². The van der Waals surface area contributed by atoms with Crippen molar-refractivity contribution in [2.45, 2.75) is 26.5 Å². The number of fused-ring (bicyclic) bond motifs is 1. The average Bonchev–Trinajstić information content (AvgIpc) is 2.46. The Hall–Kier alpha value is -2.36. The van der Waals surface area contributed by atoms with Crippen molar-refractivity contribution >= 4 is 11.4 Å². The van der Waals surface area contributed by atoms with Gasteiger partial charge in [-0.2, -0.15) is 0 Å². The van der Waals surface area contributed by atoms with E-state index in [9.17, 15) is 4.39 Å². The van der Waals surface area contributed by atoms with Crippen LogP contribution in [0, 0.1) is 5.82 Å². The first kappa shape index (κ1) is 14.6. The van der Waals surface area contributed by atoms with E-state index < -0.39 is 5.72 Å². The van der Waals surface area contributed by atoms with E-state index >= 15 is 0 Å². The first-order valence-corrected chi connectivity index (χ1v) is 7.41. The molecule has 0 amide bonds. The lowest BCUT2D eigenvalue weighted by Crippen LogP contribution is -2.32. The van der Waals surface area contributed by atoms with Crippen LogP contribution in [0.3, 0.4) is 0 Å². The molecule has 0 aliphatic carbocycles. The molecule has 0 fully saturated rings. The molecule has 3 rings (SSSR count). The van der Waals surface area contributed by atoms with Gasteiger partial charge < -0.3 is 10.1 Å². The molecule has 0 radical (unpaired) electrons. The second-order valence-corrected chi connectivity index (χ2v) is 5.76. The van der Waals surface area contributed by atoms with Gasteiger partial charge >= 0.3 is 0 Å². The van der Waals surface area contributed by atoms with Crippen LogP contribution in [0.15, 0.2) is 47.5 Å². The molecule has 0 saturated carbocycles. The Bertz CT molecular complexity index is 720. The third-order valence-electron chi connectivity index (χ3n) is 3.48. The number of ether oxygens (including phenoxy) is 1. The molecule has 0 spiro atoms. The highest BCUT2D eigenvalue weighted by Gasteiger charge is 2.28. The highest BCUT2D eigenvalue weighted by molar-refractivity contribution is 6.15. The molecule has 2 aromatic carbocycles. The van der Waals surface area contributed by atoms with E-state index in [0.717, 1.165) is 34.8 Å². The number of rotatable bonds is 3. The summed E-state index contributed by atoms with van der Waals surface area (Å²) in [6.07, 6.45) is 0. The number of aliphatic imine (C=N–C) groups is 1. The highest BCUT2D eigenvalue weighted by Crippen LogP contribution is 2.34. The summed E-state index contributed by atoms with van der Waals surface area (Å²) in [6, 6.07) is 12.4. The number of hydrogen-bond donors (Lipinski definition) is 1. The van der Waals surface area contributed by atoms with Gasteiger partial charge in [-0.25, -0.2) is 9.38 Å². The normalized spacial score (nSPS) is 15.5. The highest BCUT2D eigenvalue weighted by atomic mass is 19.1. The van der Waals surface area contributed by atoms with Crippen molar-refractivity contribution < 1.29 is 9.13 Å². The Labute approximate surface area is 129 Å². The van der Waals surface area contributed by atoms with Crippen LogP contribution < -0.4 is 10.1 Å². The van der Waals surface area contributed by atoms with Gasteiger partial charge in [0.1, 0.15) is 11.6 Å². The van der Waals surface area contributed by atoms with Crippen LogP contribution in [0.5, 0.6) is 5.75 Å². The molecular formula is C18H19FN2O. The minimum atomic E-state index is -0.651. The van der Waals surface area contributed by atoms with Crippen LogP contribution in [0.4, 0.5) is 10.1 Å². The molecule has 3 nitrogen and oxygen atoms in total. The van der Waals surface area contributed by atoms with Crippen molar-refractivity contribution in [3.05, 3.63) is 59.4 Å². The van der Waals surface area contributed by atoms with E-state index in [2.05, 4.69) is 17.2 Å². The van der Waals surface area contributed by atoms with Crippen LogP contribution in [0.2, 0.25) is 0 Å². The lowest BCUT2D eigenvalue weighted by Gasteiger charge is -2.30. The number of hydrogen-bond acceptors (Lipinski definition) is 3. The smallest absolute Gasteiger partial charge is 0.195 e. The van der Waals surface area contributed by atoms with Gasteiger partial charge in [-0.1, -0.05) is 0 Å². The van der Waals surface area contributed by atoms with Crippen LogP contribution in [-0.2, 0) is 0 Å². The second kappa shape index (κ2) is 5.44. The van der Waals surface area contributed by atoms with E-state index in [4.69, 9.17) is 4.74 Å². The molecule has 1 heterocycles. The number of nitrogens with one attached hydrogen (secondary N) is 1. The van der Waals surface area contributed by atoms with Gasteiger partial charge in [0.25, 0.3) is 0 Å². The summed E-state index contributed by atoms with van der Waals surface area (Å²) >= 11 is 0. The molecule has 0 aromatic heterocycles. The van der Waals surface area contributed by atoms with E-state index in [1.54, 1.807) is 12.1 Å². The van der Waals surface area contributed by atoms with Crippen molar-refractivity contribution in [3.63, 3.8) is 0 Å². The molecule has 114 valence electrons. The summed E-state index contributed by atoms with van der Waals surface area (Å²) in [5.41, 5.74) is 3.00. The fourth-order valence-electron chi connectivity index (χ4n) is 2.57. The Kier molecular flexibility index (Phi) is 3.61. The fourth-order valence-corrected chi connectivity index (χ4v) is 2.57. The van der Waals surface area contributed by atoms with Crippen LogP contribution in [0.1, 0.15) is 31.9 Å². The Morgan fingerprint density at radius 3 is 2.55 bits per heavy atom. The van der Waals surface area contributed by atoms with Crippen LogP contribution in [0.25, 0.3) is 0 Å². The number of nitrogens with zero attached hydrogens (tertiary/aromatic N) is 1. The summed E-state index contributed by atoms with van der Waals surface area (Å²) in [6.45, 7) is 6.73. The number of halogens is 1. The van der Waals surface area contributed by atoms with E-state index in [-0.39, 0.29) is 5.82 Å². The molecule has 0 saturated heterocycles. The van der Waals surface area contributed by atoms with E-state index in [1.165, 1.54) is 12.1 Å². The van der Waals surface area contributed by atoms with Crippen molar-refractivity contribution in [3.8, 4) is 5.75 Å². The van der Waals surface area contributed by atoms with Crippen LogP contribution in [-0.4, -0.2) is 18.0 Å². The average molecular weight is 298 g/mol. The molecule has 1 aliphatic heterocycles. The van der Waals surface area contributed by atoms with Crippen molar-refractivity contribution in [2.24, 2.45) is 4.99 Å². The molecule has 1 N–H and O–H groups in total. The zero-order valence-electron chi connectivity index (χ0n) is 13.0. The van der Waals surface area contributed by atoms with E-state index in [0.29, 0.717) is 0 Å². The Balaban J connectivity index is 2.10. The Morgan fingerprint density at radius 2 is 1.86 bits per heavy atom. The van der Waals surface area contributed by atoms with Gasteiger partial charge in [-0.15, -0.1) is 0 Å². The topological polar surface area (TPSA) is 33.6 Å². The van der Waals surface area contributed by atoms with Gasteiger partial charge in [0.05, 0.1) is 5.71 Å². The monoisotopic (exact) mass is 298 g/mol. The third kappa shape index (κ3) is 2.82. The minimum Gasteiger partial charge on any atom is -0.466 e. The quantitative estimate of drug-likeness (QED) is 0.920. The standard InChI is InChI=1S/C18H19FN2O/c1-4-20-14-9-10-15-16(11-14)22-18(2,3)21-17(15)12-5-7-13(19)8-6-12/h5-11,20H,4H2,1-3H3. The molecule has 0 bridgehead atoms. The van der Waals surface area contributed by atoms with Gasteiger partial charge in [0, 0.05) is 29.4 Å². The fraction of sp³-hybridized carbons (Fsp3) is 0.278. The van der Waals surface area contributed by atoms with Gasteiger partial charge in [-0.05, 0) is 57.2 Å². The Morgan fingerprint density at radius 1 is 1.14 bits per heavy atom. The summed E-state index contributed by atoms with van der Waals surface area (Å²) in [5, 5.41) is 3.28. The minimum absolute atomic E-state index is 0.251. The van der Waals surface area contributed by atoms with Gasteiger partial charge in [0.15, 0.2) is 5.72 Å². The van der Waals surface area contributed by atoms with Gasteiger partial charge in [0.2, 0.25) is 0 Å². The predicted molar refractivity (Wildman–Crippen MR) is 87.4 cm³/mol.